The third kappa shape index (κ3) is 1.56. The van der Waals surface area contributed by atoms with E-state index < -0.39 is 0 Å². The van der Waals surface area contributed by atoms with Crippen molar-refractivity contribution < 1.29 is 0 Å². The van der Waals surface area contributed by atoms with Crippen molar-refractivity contribution in [3.63, 3.8) is 0 Å². The van der Waals surface area contributed by atoms with Crippen LogP contribution in [0, 0.1) is 6.92 Å². The molecule has 1 aromatic heterocycles. The number of nitrogens with one attached hydrogen (secondary N) is 1. The van der Waals surface area contributed by atoms with Crippen molar-refractivity contribution in [1.29, 1.82) is 0 Å². The molecular formula is C14H13N3. The van der Waals surface area contributed by atoms with Gasteiger partial charge in [-0.3, -0.25) is 5.10 Å². The molecule has 1 heterocycles. The van der Waals surface area contributed by atoms with E-state index in [1.165, 1.54) is 10.8 Å². The summed E-state index contributed by atoms with van der Waals surface area (Å²) >= 11 is 0. The van der Waals surface area contributed by atoms with Crippen molar-refractivity contribution in [2.24, 2.45) is 0 Å². The van der Waals surface area contributed by atoms with Crippen molar-refractivity contribution in [3.05, 3.63) is 48.2 Å². The zero-order chi connectivity index (χ0) is 11.8. The highest BCUT2D eigenvalue weighted by Gasteiger charge is 2.09. The second kappa shape index (κ2) is 3.63. The van der Waals surface area contributed by atoms with Crippen LogP contribution in [0.3, 0.4) is 0 Å². The highest BCUT2D eigenvalue weighted by Crippen LogP contribution is 2.28. The third-order valence-electron chi connectivity index (χ3n) is 3.02. The van der Waals surface area contributed by atoms with E-state index in [1.807, 2.05) is 25.1 Å². The Balaban J connectivity index is 2.21. The summed E-state index contributed by atoms with van der Waals surface area (Å²) in [6, 6.07) is 14.5. The number of aromatic amines is 1. The molecule has 3 aromatic rings. The first-order valence-electron chi connectivity index (χ1n) is 5.55. The summed E-state index contributed by atoms with van der Waals surface area (Å²) in [6.07, 6.45) is 0. The SMILES string of the molecule is Cc1[nH]nc(-c2ccc3ccccc3c2)c1N. The van der Waals surface area contributed by atoms with Crippen LogP contribution in [0.25, 0.3) is 22.0 Å². The standard InChI is InChI=1S/C14H13N3/c1-9-13(15)14(17-16-9)12-7-6-10-4-2-3-5-11(10)8-12/h2-8H,15H2,1H3,(H,16,17). The van der Waals surface area contributed by atoms with Crippen LogP contribution in [0.2, 0.25) is 0 Å². The maximum Gasteiger partial charge on any atom is 0.115 e. The van der Waals surface area contributed by atoms with Gasteiger partial charge in [-0.05, 0) is 23.8 Å². The van der Waals surface area contributed by atoms with E-state index in [-0.39, 0.29) is 0 Å². The molecule has 0 saturated heterocycles. The molecule has 3 heteroatoms. The molecule has 0 aliphatic rings. The summed E-state index contributed by atoms with van der Waals surface area (Å²) in [4.78, 5) is 0. The van der Waals surface area contributed by atoms with Gasteiger partial charge < -0.3 is 5.73 Å². The van der Waals surface area contributed by atoms with Crippen molar-refractivity contribution in [3.8, 4) is 11.3 Å². The number of rotatable bonds is 1. The number of nitrogens with zero attached hydrogens (tertiary/aromatic N) is 1. The molecule has 0 fully saturated rings. The van der Waals surface area contributed by atoms with E-state index in [0.717, 1.165) is 22.6 Å². The average Bonchev–Trinajstić information content (AvgIpc) is 2.70. The minimum atomic E-state index is 0.722. The lowest BCUT2D eigenvalue weighted by molar-refractivity contribution is 1.05. The summed E-state index contributed by atoms with van der Waals surface area (Å²) in [7, 11) is 0. The molecule has 0 unspecified atom stereocenters. The molecule has 0 atom stereocenters. The number of aryl methyl sites for hydroxylation is 1. The van der Waals surface area contributed by atoms with E-state index in [2.05, 4.69) is 34.5 Å². The predicted octanol–water partition coefficient (Wildman–Crippen LogP) is 3.12. The quantitative estimate of drug-likeness (QED) is 0.666. The Kier molecular flexibility index (Phi) is 2.11. The lowest BCUT2D eigenvalue weighted by Crippen LogP contribution is -1.88. The van der Waals surface area contributed by atoms with Gasteiger partial charge in [-0.25, -0.2) is 0 Å². The number of anilines is 1. The molecule has 3 nitrogen and oxygen atoms in total. The Labute approximate surface area is 99.3 Å². The zero-order valence-electron chi connectivity index (χ0n) is 9.57. The van der Waals surface area contributed by atoms with Crippen LogP contribution in [-0.2, 0) is 0 Å². The molecule has 0 radical (unpaired) electrons. The van der Waals surface area contributed by atoms with Crippen molar-refractivity contribution in [1.82, 2.24) is 10.2 Å². The number of benzene rings is 2. The number of hydrogen-bond acceptors (Lipinski definition) is 2. The Morgan fingerprint density at radius 2 is 1.82 bits per heavy atom. The normalized spacial score (nSPS) is 10.9. The van der Waals surface area contributed by atoms with Gasteiger partial charge in [0.25, 0.3) is 0 Å². The Bertz CT molecular complexity index is 683. The van der Waals surface area contributed by atoms with Gasteiger partial charge in [0.15, 0.2) is 0 Å². The van der Waals surface area contributed by atoms with E-state index in [4.69, 9.17) is 5.73 Å². The van der Waals surface area contributed by atoms with Crippen molar-refractivity contribution in [2.75, 3.05) is 5.73 Å². The van der Waals surface area contributed by atoms with Crippen LogP contribution in [0.5, 0.6) is 0 Å². The Morgan fingerprint density at radius 3 is 2.53 bits per heavy atom. The fourth-order valence-electron chi connectivity index (χ4n) is 1.99. The first-order valence-corrected chi connectivity index (χ1v) is 5.55. The minimum Gasteiger partial charge on any atom is -0.395 e. The summed E-state index contributed by atoms with van der Waals surface area (Å²) < 4.78 is 0. The topological polar surface area (TPSA) is 54.7 Å². The second-order valence-electron chi connectivity index (χ2n) is 4.17. The molecule has 17 heavy (non-hydrogen) atoms. The maximum atomic E-state index is 5.98. The smallest absolute Gasteiger partial charge is 0.115 e. The van der Waals surface area contributed by atoms with E-state index in [1.54, 1.807) is 0 Å². The van der Waals surface area contributed by atoms with Crippen LogP contribution in [0.15, 0.2) is 42.5 Å². The van der Waals surface area contributed by atoms with Crippen LogP contribution in [0.1, 0.15) is 5.69 Å². The molecule has 0 amide bonds. The van der Waals surface area contributed by atoms with Crippen LogP contribution in [0.4, 0.5) is 5.69 Å². The monoisotopic (exact) mass is 223 g/mol. The highest BCUT2D eigenvalue weighted by atomic mass is 15.1. The molecule has 0 bridgehead atoms. The summed E-state index contributed by atoms with van der Waals surface area (Å²) in [5, 5.41) is 9.57. The van der Waals surface area contributed by atoms with Gasteiger partial charge in [0.05, 0.1) is 11.4 Å². The van der Waals surface area contributed by atoms with E-state index >= 15 is 0 Å². The van der Waals surface area contributed by atoms with Gasteiger partial charge in [-0.15, -0.1) is 0 Å². The Hall–Kier alpha value is -2.29. The number of hydrogen-bond donors (Lipinski definition) is 2. The minimum absolute atomic E-state index is 0.722. The molecule has 84 valence electrons. The average molecular weight is 223 g/mol. The Morgan fingerprint density at radius 1 is 1.06 bits per heavy atom. The predicted molar refractivity (Wildman–Crippen MR) is 70.7 cm³/mol. The first kappa shape index (κ1) is 9.90. The molecule has 3 rings (SSSR count). The van der Waals surface area contributed by atoms with Crippen molar-refractivity contribution >= 4 is 16.5 Å². The van der Waals surface area contributed by atoms with Gasteiger partial charge in [-0.2, -0.15) is 5.10 Å². The lowest BCUT2D eigenvalue weighted by Gasteiger charge is -2.02. The fraction of sp³-hybridized carbons (Fsp3) is 0.0714. The van der Waals surface area contributed by atoms with Gasteiger partial charge in [0.1, 0.15) is 5.69 Å². The molecule has 0 aliphatic heterocycles. The fourth-order valence-corrected chi connectivity index (χ4v) is 1.99. The molecule has 0 saturated carbocycles. The maximum absolute atomic E-state index is 5.98. The molecule has 0 spiro atoms. The third-order valence-corrected chi connectivity index (χ3v) is 3.02. The second-order valence-corrected chi connectivity index (χ2v) is 4.17. The molecule has 0 aliphatic carbocycles. The molecular weight excluding hydrogens is 210 g/mol. The number of H-pyrrole nitrogens is 1. The first-order chi connectivity index (χ1) is 8.25. The zero-order valence-corrected chi connectivity index (χ0v) is 9.57. The lowest BCUT2D eigenvalue weighted by atomic mass is 10.0. The van der Waals surface area contributed by atoms with Crippen molar-refractivity contribution in [2.45, 2.75) is 6.92 Å². The largest absolute Gasteiger partial charge is 0.395 e. The highest BCUT2D eigenvalue weighted by molar-refractivity contribution is 5.88. The summed E-state index contributed by atoms with van der Waals surface area (Å²) in [5.41, 5.74) is 9.49. The van der Waals surface area contributed by atoms with Gasteiger partial charge >= 0.3 is 0 Å². The van der Waals surface area contributed by atoms with E-state index in [0.29, 0.717) is 0 Å². The summed E-state index contributed by atoms with van der Waals surface area (Å²) in [6.45, 7) is 1.92. The van der Waals surface area contributed by atoms with Gasteiger partial charge in [-0.1, -0.05) is 36.4 Å². The van der Waals surface area contributed by atoms with Crippen LogP contribution >= 0.6 is 0 Å². The van der Waals surface area contributed by atoms with Gasteiger partial charge in [0.2, 0.25) is 0 Å². The number of nitrogen functional groups attached to an aromatic ring is 1. The van der Waals surface area contributed by atoms with Gasteiger partial charge in [0, 0.05) is 5.56 Å². The van der Waals surface area contributed by atoms with E-state index in [9.17, 15) is 0 Å². The number of nitrogens with two attached hydrogens (primary N) is 1. The number of aromatic nitrogens is 2. The van der Waals surface area contributed by atoms with Crippen LogP contribution in [-0.4, -0.2) is 10.2 Å². The molecule has 3 N–H and O–H groups in total. The summed E-state index contributed by atoms with van der Waals surface area (Å²) in [5.74, 6) is 0. The van der Waals surface area contributed by atoms with Crippen LogP contribution < -0.4 is 5.73 Å². The molecule has 2 aromatic carbocycles. The number of fused-ring (bicyclic) bond motifs is 1.